The third kappa shape index (κ3) is 3.92. The van der Waals surface area contributed by atoms with Crippen LogP contribution >= 0.6 is 0 Å². The molecule has 0 spiro atoms. The Hall–Kier alpha value is -3.50. The van der Waals surface area contributed by atoms with Crippen LogP contribution in [0.15, 0.2) is 35.7 Å². The van der Waals surface area contributed by atoms with E-state index in [1.54, 1.807) is 0 Å². The predicted molar refractivity (Wildman–Crippen MR) is 101 cm³/mol. The number of hydrazone groups is 1. The van der Waals surface area contributed by atoms with E-state index >= 15 is 0 Å². The molecule has 1 aromatic heterocycles. The summed E-state index contributed by atoms with van der Waals surface area (Å²) >= 11 is 0. The van der Waals surface area contributed by atoms with Crippen LogP contribution in [0.4, 0.5) is 11.6 Å². The molecule has 0 saturated carbocycles. The number of nitrogens with zero attached hydrogens (tertiary/aromatic N) is 7. The van der Waals surface area contributed by atoms with Gasteiger partial charge in [0.1, 0.15) is 6.54 Å². The zero-order chi connectivity index (χ0) is 20.3. The Morgan fingerprint density at radius 3 is 2.50 bits per heavy atom. The molecule has 1 atom stereocenters. The lowest BCUT2D eigenvalue weighted by Gasteiger charge is -2.21. The standard InChI is InChI=1S/C17H21N7O4/c1-4-21(5-2)14-8-6-13(7-9-14)16-19-23(12(3)25)15(28-16)10-22-11-18-17(20-22)24(26)27/h6-9,11,15H,4-5,10H2,1-3H3/t15-/m1/s1. The maximum atomic E-state index is 11.9. The van der Waals surface area contributed by atoms with Gasteiger partial charge < -0.3 is 19.8 Å². The molecule has 0 bridgehead atoms. The van der Waals surface area contributed by atoms with Gasteiger partial charge in [0, 0.05) is 36.4 Å². The van der Waals surface area contributed by atoms with Crippen LogP contribution < -0.4 is 4.90 Å². The molecule has 3 rings (SSSR count). The van der Waals surface area contributed by atoms with Crippen molar-refractivity contribution in [3.8, 4) is 0 Å². The monoisotopic (exact) mass is 387 g/mol. The number of hydrogen-bond acceptors (Lipinski definition) is 8. The van der Waals surface area contributed by atoms with E-state index in [1.165, 1.54) is 22.9 Å². The normalized spacial score (nSPS) is 15.9. The number of nitro groups is 1. The molecule has 0 saturated heterocycles. The molecular weight excluding hydrogens is 366 g/mol. The summed E-state index contributed by atoms with van der Waals surface area (Å²) in [6.07, 6.45) is 0.452. The lowest BCUT2D eigenvalue weighted by Crippen LogP contribution is -2.35. The van der Waals surface area contributed by atoms with E-state index in [0.29, 0.717) is 5.90 Å². The highest BCUT2D eigenvalue weighted by atomic mass is 16.6. The Morgan fingerprint density at radius 1 is 1.29 bits per heavy atom. The van der Waals surface area contributed by atoms with Gasteiger partial charge in [0.2, 0.25) is 24.4 Å². The average Bonchev–Trinajstić information content (AvgIpc) is 3.31. The van der Waals surface area contributed by atoms with Gasteiger partial charge in [-0.2, -0.15) is 9.69 Å². The first-order chi connectivity index (χ1) is 13.4. The molecule has 1 amide bonds. The summed E-state index contributed by atoms with van der Waals surface area (Å²) in [6.45, 7) is 7.41. The van der Waals surface area contributed by atoms with Crippen molar-refractivity contribution in [3.63, 3.8) is 0 Å². The van der Waals surface area contributed by atoms with Crippen LogP contribution in [0.3, 0.4) is 0 Å². The fraction of sp³-hybridized carbons (Fsp3) is 0.412. The summed E-state index contributed by atoms with van der Waals surface area (Å²) in [5, 5.41) is 19.9. The summed E-state index contributed by atoms with van der Waals surface area (Å²) in [6, 6.07) is 7.71. The molecule has 0 fully saturated rings. The lowest BCUT2D eigenvalue weighted by atomic mass is 10.2. The van der Waals surface area contributed by atoms with Crippen molar-refractivity contribution in [2.45, 2.75) is 33.5 Å². The van der Waals surface area contributed by atoms with Crippen molar-refractivity contribution in [2.75, 3.05) is 18.0 Å². The molecule has 11 heteroatoms. The van der Waals surface area contributed by atoms with Crippen LogP contribution in [0.2, 0.25) is 0 Å². The largest absolute Gasteiger partial charge is 0.490 e. The summed E-state index contributed by atoms with van der Waals surface area (Å²) in [7, 11) is 0. The average molecular weight is 387 g/mol. The second-order valence-electron chi connectivity index (χ2n) is 6.08. The highest BCUT2D eigenvalue weighted by molar-refractivity contribution is 5.96. The number of carbonyl (C=O) groups excluding carboxylic acids is 1. The number of rotatable bonds is 7. The topological polar surface area (TPSA) is 119 Å². The number of amides is 1. The van der Waals surface area contributed by atoms with Gasteiger partial charge >= 0.3 is 5.95 Å². The Labute approximate surface area is 161 Å². The first kappa shape index (κ1) is 19.3. The first-order valence-electron chi connectivity index (χ1n) is 8.87. The van der Waals surface area contributed by atoms with Crippen molar-refractivity contribution < 1.29 is 14.5 Å². The van der Waals surface area contributed by atoms with E-state index in [0.717, 1.165) is 24.3 Å². The van der Waals surface area contributed by atoms with Crippen LogP contribution in [0.5, 0.6) is 0 Å². The van der Waals surface area contributed by atoms with Crippen molar-refractivity contribution >= 4 is 23.4 Å². The third-order valence-electron chi connectivity index (χ3n) is 4.32. The number of benzene rings is 1. The molecule has 148 valence electrons. The zero-order valence-electron chi connectivity index (χ0n) is 15.8. The van der Waals surface area contributed by atoms with Crippen LogP contribution in [-0.2, 0) is 16.1 Å². The Morgan fingerprint density at radius 2 is 1.96 bits per heavy atom. The van der Waals surface area contributed by atoms with E-state index in [4.69, 9.17) is 4.74 Å². The Kier molecular flexibility index (Phi) is 5.52. The van der Waals surface area contributed by atoms with E-state index in [1.807, 2.05) is 24.3 Å². The van der Waals surface area contributed by atoms with Gasteiger partial charge in [0.25, 0.3) is 0 Å². The maximum absolute atomic E-state index is 11.9. The molecule has 2 aromatic rings. The van der Waals surface area contributed by atoms with Crippen molar-refractivity contribution in [3.05, 3.63) is 46.3 Å². The quantitative estimate of drug-likeness (QED) is 0.523. The second kappa shape index (κ2) is 8.03. The van der Waals surface area contributed by atoms with Gasteiger partial charge in [-0.25, -0.2) is 0 Å². The zero-order valence-corrected chi connectivity index (χ0v) is 15.8. The summed E-state index contributed by atoms with van der Waals surface area (Å²) < 4.78 is 7.08. The number of hydrogen-bond donors (Lipinski definition) is 0. The SMILES string of the molecule is CCN(CC)c1ccc(C2=NN(C(C)=O)[C@@H](Cn3cnc([N+](=O)[O-])n3)O2)cc1. The number of aromatic nitrogens is 3. The van der Waals surface area contributed by atoms with E-state index in [2.05, 4.69) is 33.9 Å². The minimum Gasteiger partial charge on any atom is -0.448 e. The molecule has 2 heterocycles. The van der Waals surface area contributed by atoms with E-state index in [9.17, 15) is 14.9 Å². The highest BCUT2D eigenvalue weighted by Gasteiger charge is 2.33. The van der Waals surface area contributed by atoms with Crippen LogP contribution in [0.25, 0.3) is 0 Å². The summed E-state index contributed by atoms with van der Waals surface area (Å²) in [4.78, 5) is 27.8. The molecule has 11 nitrogen and oxygen atoms in total. The molecule has 28 heavy (non-hydrogen) atoms. The minimum atomic E-state index is -0.767. The molecule has 1 aromatic carbocycles. The van der Waals surface area contributed by atoms with Gasteiger partial charge in [-0.05, 0) is 43.0 Å². The van der Waals surface area contributed by atoms with Gasteiger partial charge in [0.05, 0.1) is 0 Å². The fourth-order valence-corrected chi connectivity index (χ4v) is 2.90. The summed E-state index contributed by atoms with van der Waals surface area (Å²) in [5.74, 6) is -0.518. The van der Waals surface area contributed by atoms with Crippen molar-refractivity contribution in [1.29, 1.82) is 0 Å². The second-order valence-corrected chi connectivity index (χ2v) is 6.08. The van der Waals surface area contributed by atoms with E-state index in [-0.39, 0.29) is 12.5 Å². The van der Waals surface area contributed by atoms with Gasteiger partial charge in [-0.15, -0.1) is 5.10 Å². The number of carbonyl (C=O) groups is 1. The smallest absolute Gasteiger partial charge is 0.448 e. The molecule has 1 aliphatic heterocycles. The number of ether oxygens (including phenoxy) is 1. The first-order valence-corrected chi connectivity index (χ1v) is 8.87. The predicted octanol–water partition coefficient (Wildman–Crippen LogP) is 1.60. The van der Waals surface area contributed by atoms with Crippen molar-refractivity contribution in [2.24, 2.45) is 5.10 Å². The van der Waals surface area contributed by atoms with Gasteiger partial charge in [-0.3, -0.25) is 4.79 Å². The molecule has 1 aliphatic rings. The highest BCUT2D eigenvalue weighted by Crippen LogP contribution is 2.21. The Balaban J connectivity index is 1.77. The van der Waals surface area contributed by atoms with Gasteiger partial charge in [-0.1, -0.05) is 4.98 Å². The molecule has 0 radical (unpaired) electrons. The van der Waals surface area contributed by atoms with Crippen LogP contribution in [0, 0.1) is 10.1 Å². The summed E-state index contributed by atoms with van der Waals surface area (Å²) in [5.41, 5.74) is 1.82. The maximum Gasteiger partial charge on any atom is 0.490 e. The fourth-order valence-electron chi connectivity index (χ4n) is 2.90. The third-order valence-corrected chi connectivity index (χ3v) is 4.32. The van der Waals surface area contributed by atoms with Gasteiger partial charge in [0.15, 0.2) is 0 Å². The van der Waals surface area contributed by atoms with Crippen molar-refractivity contribution in [1.82, 2.24) is 19.8 Å². The van der Waals surface area contributed by atoms with E-state index < -0.39 is 17.1 Å². The molecular formula is C17H21N7O4. The van der Waals surface area contributed by atoms with Crippen LogP contribution in [0.1, 0.15) is 26.3 Å². The molecule has 0 unspecified atom stereocenters. The molecule has 0 N–H and O–H groups in total. The number of anilines is 1. The molecule has 0 aliphatic carbocycles. The minimum absolute atomic E-state index is 0.0605. The Bertz CT molecular complexity index is 889. The lowest BCUT2D eigenvalue weighted by molar-refractivity contribution is -0.394. The van der Waals surface area contributed by atoms with Crippen LogP contribution in [-0.4, -0.2) is 55.8 Å².